The van der Waals surface area contributed by atoms with Gasteiger partial charge in [-0.05, 0) is 66.4 Å². The molecule has 0 aliphatic heterocycles. The highest BCUT2D eigenvalue weighted by molar-refractivity contribution is 6.02. The van der Waals surface area contributed by atoms with Crippen molar-refractivity contribution < 1.29 is 28.6 Å². The molecule has 35 heavy (non-hydrogen) atoms. The molecule has 0 fully saturated rings. The molecule has 7 nitrogen and oxygen atoms in total. The predicted octanol–water partition coefficient (Wildman–Crippen LogP) is 5.38. The van der Waals surface area contributed by atoms with Crippen LogP contribution in [-0.4, -0.2) is 17.8 Å². The Kier molecular flexibility index (Phi) is 8.40. The minimum atomic E-state index is -0.556. The number of rotatable bonds is 8. The third-order valence-electron chi connectivity index (χ3n) is 4.86. The van der Waals surface area contributed by atoms with Gasteiger partial charge in [-0.2, -0.15) is 0 Å². The molecule has 1 amide bonds. The molecule has 0 aliphatic rings. The average molecular weight is 474 g/mol. The number of nitrogens with one attached hydrogen (secondary N) is 1. The van der Waals surface area contributed by atoms with E-state index in [1.54, 1.807) is 12.1 Å². The molecule has 180 valence electrons. The number of ether oxygens (including phenoxy) is 3. The van der Waals surface area contributed by atoms with Gasteiger partial charge in [0.15, 0.2) is 11.5 Å². The third-order valence-corrected chi connectivity index (χ3v) is 4.86. The van der Waals surface area contributed by atoms with Crippen molar-refractivity contribution >= 4 is 29.6 Å². The molecular weight excluding hydrogens is 446 g/mol. The van der Waals surface area contributed by atoms with Crippen LogP contribution in [0.25, 0.3) is 6.08 Å². The predicted molar refractivity (Wildman–Crippen MR) is 133 cm³/mol. The maximum Gasteiger partial charge on any atom is 0.308 e. The molecular formula is C28H27NO6. The zero-order valence-electron chi connectivity index (χ0n) is 20.1. The van der Waals surface area contributed by atoms with Crippen molar-refractivity contribution in [2.45, 2.75) is 34.3 Å². The molecule has 0 radical (unpaired) electrons. The standard InChI is InChI=1S/C28H27NO6/c1-18-14-24(15-19(2)28(18)33-17-23-8-6-5-7-9-23)29-27(32)13-11-22-10-12-25(34-20(3)30)26(16-22)35-21(4)31/h5-16H,17H2,1-4H3,(H,29,32). The van der Waals surface area contributed by atoms with E-state index in [4.69, 9.17) is 14.2 Å². The first kappa shape index (κ1) is 25.2. The van der Waals surface area contributed by atoms with E-state index in [0.29, 0.717) is 17.9 Å². The molecule has 0 aromatic heterocycles. The first-order valence-corrected chi connectivity index (χ1v) is 11.0. The minimum absolute atomic E-state index is 0.0904. The summed E-state index contributed by atoms with van der Waals surface area (Å²) in [5.41, 5.74) is 4.13. The summed E-state index contributed by atoms with van der Waals surface area (Å²) in [5.74, 6) is -0.433. The lowest BCUT2D eigenvalue weighted by Gasteiger charge is -2.14. The SMILES string of the molecule is CC(=O)Oc1ccc(C=CC(=O)Nc2cc(C)c(OCc3ccccc3)c(C)c2)cc1OC(C)=O. The summed E-state index contributed by atoms with van der Waals surface area (Å²) < 4.78 is 16.2. The van der Waals surface area contributed by atoms with Gasteiger partial charge in [-0.15, -0.1) is 0 Å². The molecule has 3 aromatic carbocycles. The molecule has 7 heteroatoms. The zero-order valence-corrected chi connectivity index (χ0v) is 20.1. The van der Waals surface area contributed by atoms with Crippen molar-refractivity contribution in [1.82, 2.24) is 0 Å². The van der Waals surface area contributed by atoms with Gasteiger partial charge in [0.2, 0.25) is 5.91 Å². The van der Waals surface area contributed by atoms with Crippen molar-refractivity contribution in [1.29, 1.82) is 0 Å². The molecule has 3 aromatic rings. The van der Waals surface area contributed by atoms with Crippen LogP contribution in [0.5, 0.6) is 17.2 Å². The lowest BCUT2D eigenvalue weighted by molar-refractivity contribution is -0.134. The third kappa shape index (κ3) is 7.57. The smallest absolute Gasteiger partial charge is 0.308 e. The van der Waals surface area contributed by atoms with Crippen molar-refractivity contribution in [3.8, 4) is 17.2 Å². The molecule has 0 heterocycles. The summed E-state index contributed by atoms with van der Waals surface area (Å²) in [6.07, 6.45) is 2.93. The Hall–Kier alpha value is -4.39. The molecule has 0 spiro atoms. The summed E-state index contributed by atoms with van der Waals surface area (Å²) in [5, 5.41) is 2.84. The molecule has 3 rings (SSSR count). The first-order chi connectivity index (χ1) is 16.7. The van der Waals surface area contributed by atoms with Crippen LogP contribution >= 0.6 is 0 Å². The maximum atomic E-state index is 12.5. The van der Waals surface area contributed by atoms with Crippen LogP contribution in [0.1, 0.15) is 36.1 Å². The Morgan fingerprint density at radius 1 is 0.829 bits per heavy atom. The van der Waals surface area contributed by atoms with Crippen molar-refractivity contribution in [3.63, 3.8) is 0 Å². The number of esters is 2. The second kappa shape index (κ2) is 11.7. The highest BCUT2D eigenvalue weighted by Gasteiger charge is 2.11. The molecule has 0 aliphatic carbocycles. The Morgan fingerprint density at radius 3 is 2.09 bits per heavy atom. The number of benzene rings is 3. The number of anilines is 1. The highest BCUT2D eigenvalue weighted by Crippen LogP contribution is 2.30. The van der Waals surface area contributed by atoms with Crippen molar-refractivity contribution in [3.05, 3.63) is 89.0 Å². The number of aryl methyl sites for hydroxylation is 2. The van der Waals surface area contributed by atoms with Gasteiger partial charge in [0.05, 0.1) is 0 Å². The topological polar surface area (TPSA) is 90.9 Å². The van der Waals surface area contributed by atoms with Crippen LogP contribution in [0.4, 0.5) is 5.69 Å². The maximum absolute atomic E-state index is 12.5. The molecule has 1 N–H and O–H groups in total. The van der Waals surface area contributed by atoms with E-state index in [9.17, 15) is 14.4 Å². The second-order valence-electron chi connectivity index (χ2n) is 7.93. The van der Waals surface area contributed by atoms with Gasteiger partial charge in [0, 0.05) is 25.6 Å². The molecule has 0 saturated heterocycles. The zero-order chi connectivity index (χ0) is 25.4. The summed E-state index contributed by atoms with van der Waals surface area (Å²) >= 11 is 0. The van der Waals surface area contributed by atoms with Gasteiger partial charge < -0.3 is 19.5 Å². The van der Waals surface area contributed by atoms with Gasteiger partial charge in [-0.25, -0.2) is 0 Å². The number of hydrogen-bond donors (Lipinski definition) is 1. The van der Waals surface area contributed by atoms with Gasteiger partial charge in [-0.3, -0.25) is 14.4 Å². The summed E-state index contributed by atoms with van der Waals surface area (Å²) in [4.78, 5) is 35.1. The van der Waals surface area contributed by atoms with Gasteiger partial charge in [-0.1, -0.05) is 36.4 Å². The van der Waals surface area contributed by atoms with E-state index in [2.05, 4.69) is 5.32 Å². The Bertz CT molecular complexity index is 1240. The van der Waals surface area contributed by atoms with Crippen LogP contribution in [0.15, 0.2) is 66.7 Å². The van der Waals surface area contributed by atoms with Crippen LogP contribution in [0.3, 0.4) is 0 Å². The van der Waals surface area contributed by atoms with E-state index in [1.165, 1.54) is 32.1 Å². The number of carbonyl (C=O) groups excluding carboxylic acids is 3. The summed E-state index contributed by atoms with van der Waals surface area (Å²) in [6, 6.07) is 18.3. The van der Waals surface area contributed by atoms with Crippen molar-refractivity contribution in [2.24, 2.45) is 0 Å². The van der Waals surface area contributed by atoms with Crippen LogP contribution in [0, 0.1) is 13.8 Å². The first-order valence-electron chi connectivity index (χ1n) is 11.0. The second-order valence-corrected chi connectivity index (χ2v) is 7.93. The van der Waals surface area contributed by atoms with E-state index in [1.807, 2.05) is 56.3 Å². The van der Waals surface area contributed by atoms with E-state index in [-0.39, 0.29) is 17.4 Å². The monoisotopic (exact) mass is 473 g/mol. The van der Waals surface area contributed by atoms with Gasteiger partial charge >= 0.3 is 11.9 Å². The largest absolute Gasteiger partial charge is 0.488 e. The molecule has 0 unspecified atom stereocenters. The van der Waals surface area contributed by atoms with E-state index in [0.717, 1.165) is 22.4 Å². The number of carbonyl (C=O) groups is 3. The minimum Gasteiger partial charge on any atom is -0.488 e. The highest BCUT2D eigenvalue weighted by atomic mass is 16.6. The lowest BCUT2D eigenvalue weighted by atomic mass is 10.1. The number of amides is 1. The normalized spacial score (nSPS) is 10.6. The number of hydrogen-bond acceptors (Lipinski definition) is 6. The Balaban J connectivity index is 1.68. The fourth-order valence-electron chi connectivity index (χ4n) is 3.44. The fraction of sp³-hybridized carbons (Fsp3) is 0.179. The fourth-order valence-corrected chi connectivity index (χ4v) is 3.44. The van der Waals surface area contributed by atoms with Gasteiger partial charge in [0.25, 0.3) is 0 Å². The van der Waals surface area contributed by atoms with Crippen LogP contribution < -0.4 is 19.5 Å². The average Bonchev–Trinajstić information content (AvgIpc) is 2.78. The summed E-state index contributed by atoms with van der Waals surface area (Å²) in [7, 11) is 0. The Labute approximate surface area is 204 Å². The lowest BCUT2D eigenvalue weighted by Crippen LogP contribution is -2.09. The molecule has 0 atom stereocenters. The Morgan fingerprint density at radius 2 is 1.46 bits per heavy atom. The summed E-state index contributed by atoms with van der Waals surface area (Å²) in [6.45, 7) is 6.82. The van der Waals surface area contributed by atoms with E-state index >= 15 is 0 Å². The molecule has 0 saturated carbocycles. The van der Waals surface area contributed by atoms with Crippen molar-refractivity contribution in [2.75, 3.05) is 5.32 Å². The van der Waals surface area contributed by atoms with E-state index < -0.39 is 11.9 Å². The van der Waals surface area contributed by atoms with Crippen LogP contribution in [-0.2, 0) is 21.0 Å². The quantitative estimate of drug-likeness (QED) is 0.268. The van der Waals surface area contributed by atoms with Crippen LogP contribution in [0.2, 0.25) is 0 Å². The molecule has 0 bridgehead atoms. The van der Waals surface area contributed by atoms with Gasteiger partial charge in [0.1, 0.15) is 12.4 Å².